The van der Waals surface area contributed by atoms with Crippen molar-refractivity contribution in [1.29, 1.82) is 0 Å². The van der Waals surface area contributed by atoms with Crippen molar-refractivity contribution in [3.63, 3.8) is 0 Å². The Morgan fingerprint density at radius 2 is 1.15 bits per heavy atom. The molecule has 4 fully saturated rings. The summed E-state index contributed by atoms with van der Waals surface area (Å²) in [5.41, 5.74) is 0. The van der Waals surface area contributed by atoms with Gasteiger partial charge in [0.25, 0.3) is 0 Å². The minimum Gasteiger partial charge on any atom is -0.481 e. The quantitative estimate of drug-likeness (QED) is 0.0223. The number of hydrogen-bond acceptors (Lipinski definition) is 19. The van der Waals surface area contributed by atoms with Crippen molar-refractivity contribution in [3.05, 3.63) is 12.2 Å². The number of carbonyl (C=O) groups is 3. The minimum atomic E-state index is -2.04. The maximum Gasteiger partial charge on any atom is 0.330 e. The van der Waals surface area contributed by atoms with Crippen molar-refractivity contribution >= 4 is 17.9 Å². The average molecular weight is 870 g/mol. The normalized spacial score (nSPS) is 35.2. The molecule has 4 aliphatic rings. The molecule has 1 saturated heterocycles. The van der Waals surface area contributed by atoms with Gasteiger partial charge in [0.1, 0.15) is 74.6 Å². The Morgan fingerprint density at radius 3 is 1.72 bits per heavy atom. The first kappa shape index (κ1) is 50.2. The van der Waals surface area contributed by atoms with Crippen LogP contribution in [0.25, 0.3) is 0 Å². The summed E-state index contributed by atoms with van der Waals surface area (Å²) in [7, 11) is 0. The second-order valence-electron chi connectivity index (χ2n) is 16.7. The van der Waals surface area contributed by atoms with Gasteiger partial charge in [0.15, 0.2) is 12.2 Å². The number of rotatable bonds is 21. The summed E-state index contributed by atoms with van der Waals surface area (Å²) in [5, 5.41) is 134. The number of allylic oxidation sites excluding steroid dienone is 1. The van der Waals surface area contributed by atoms with E-state index < -0.39 is 148 Å². The van der Waals surface area contributed by atoms with Crippen molar-refractivity contribution < 1.29 is 104 Å². The van der Waals surface area contributed by atoms with E-state index in [1.807, 2.05) is 0 Å². The third-order valence-corrected chi connectivity index (χ3v) is 12.1. The van der Waals surface area contributed by atoms with E-state index >= 15 is 0 Å². The van der Waals surface area contributed by atoms with E-state index in [0.717, 1.165) is 0 Å². The molecule has 3 saturated carbocycles. The highest BCUT2D eigenvalue weighted by Gasteiger charge is 2.53. The van der Waals surface area contributed by atoms with E-state index in [4.69, 9.17) is 24.1 Å². The number of carbonyl (C=O) groups excluding carboxylic acids is 2. The smallest absolute Gasteiger partial charge is 0.330 e. The molecule has 346 valence electrons. The minimum absolute atomic E-state index is 0.0619. The van der Waals surface area contributed by atoms with Crippen molar-refractivity contribution in [2.45, 2.75) is 168 Å². The number of aliphatic hydroxyl groups is 14. The van der Waals surface area contributed by atoms with Crippen LogP contribution >= 0.6 is 0 Å². The van der Waals surface area contributed by atoms with E-state index in [2.05, 4.69) is 4.74 Å². The standard InChI is InChI=1S/C39H64O21/c40-20-5-1-18(2-6-20)3-8-33(50)58-16-27(46)37(54)36(53)26(45)15-57-31-12-22-29(10-21(41)11-30(22)60-39(31)19-4-7-23(42)24(43)9-19)56-14-25(44)35(52)38(55)28(47)17-59-34(51)13-32(48)49/h3,8,18-31,35-47,52-55H,1-2,4-7,9-17H2,(H,48,49)/p+1. The summed E-state index contributed by atoms with van der Waals surface area (Å²) in [4.78, 5) is 34.3. The molecule has 0 amide bonds. The van der Waals surface area contributed by atoms with Crippen LogP contribution in [0.1, 0.15) is 70.6 Å². The number of carboxylic acid groups (broad SMARTS) is 1. The lowest BCUT2D eigenvalue weighted by molar-refractivity contribution is -0.310. The summed E-state index contributed by atoms with van der Waals surface area (Å²) in [6.45, 7) is -2.73. The van der Waals surface area contributed by atoms with Crippen LogP contribution in [0.5, 0.6) is 0 Å². The van der Waals surface area contributed by atoms with E-state index in [1.54, 1.807) is 6.08 Å². The molecule has 21 heteroatoms. The maximum absolute atomic E-state index is 12.2. The van der Waals surface area contributed by atoms with E-state index in [1.165, 1.54) is 6.08 Å². The molecule has 0 aromatic rings. The topological polar surface area (TPSA) is 364 Å². The predicted octanol–water partition coefficient (Wildman–Crippen LogP) is -4.73. The van der Waals surface area contributed by atoms with E-state index in [0.29, 0.717) is 32.1 Å². The Balaban J connectivity index is 1.35. The van der Waals surface area contributed by atoms with Gasteiger partial charge in [-0.15, -0.1) is 0 Å². The van der Waals surface area contributed by atoms with E-state index in [-0.39, 0.29) is 50.0 Å². The van der Waals surface area contributed by atoms with Crippen LogP contribution in [-0.4, -0.2) is 213 Å². The monoisotopic (exact) mass is 869 g/mol. The first-order valence-corrected chi connectivity index (χ1v) is 20.7. The highest BCUT2D eigenvalue weighted by molar-refractivity contribution is 5.90. The summed E-state index contributed by atoms with van der Waals surface area (Å²) < 4.78 is 26.7. The molecule has 0 bridgehead atoms. The maximum atomic E-state index is 12.2. The highest BCUT2D eigenvalue weighted by Crippen LogP contribution is 2.42. The van der Waals surface area contributed by atoms with Crippen LogP contribution in [0.2, 0.25) is 0 Å². The molecule has 60 heavy (non-hydrogen) atoms. The number of esters is 2. The molecule has 0 spiro atoms. The predicted molar refractivity (Wildman–Crippen MR) is 201 cm³/mol. The number of aliphatic carboxylic acids is 1. The zero-order valence-corrected chi connectivity index (χ0v) is 33.3. The van der Waals surface area contributed by atoms with Crippen LogP contribution in [-0.2, 0) is 33.3 Å². The van der Waals surface area contributed by atoms with Gasteiger partial charge in [-0.05, 0) is 57.3 Å². The largest absolute Gasteiger partial charge is 0.481 e. The van der Waals surface area contributed by atoms with Gasteiger partial charge in [-0.2, -0.15) is 0 Å². The molecular formula is C39H65O21+. The molecule has 0 aromatic heterocycles. The first-order chi connectivity index (χ1) is 28.3. The Labute approximate surface area is 346 Å². The summed E-state index contributed by atoms with van der Waals surface area (Å²) in [6, 6.07) is 0. The Bertz CT molecular complexity index is 1360. The Morgan fingerprint density at radius 1 is 0.600 bits per heavy atom. The van der Waals surface area contributed by atoms with Gasteiger partial charge in [-0.25, -0.2) is 4.79 Å². The molecule has 3 aliphatic carbocycles. The van der Waals surface area contributed by atoms with Crippen LogP contribution in [0, 0.1) is 17.8 Å². The molecule has 17 unspecified atom stereocenters. The van der Waals surface area contributed by atoms with Gasteiger partial charge in [0.2, 0.25) is 0 Å². The summed E-state index contributed by atoms with van der Waals surface area (Å²) in [6.07, 6.45) is -15.3. The Hall–Kier alpha value is -2.45. The molecule has 21 nitrogen and oxygen atoms in total. The highest BCUT2D eigenvalue weighted by atomic mass is 16.6. The van der Waals surface area contributed by atoms with Gasteiger partial charge in [0, 0.05) is 24.8 Å². The number of ether oxygens (including phenoxy) is 5. The molecule has 0 aromatic carbocycles. The van der Waals surface area contributed by atoms with Gasteiger partial charge in [0.05, 0.1) is 49.7 Å². The fraction of sp³-hybridized carbons (Fsp3) is 0.872. The molecule has 14 N–H and O–H groups in total. The van der Waals surface area contributed by atoms with Crippen LogP contribution in [0.15, 0.2) is 12.2 Å². The number of hydrogen-bond donors (Lipinski definition) is 13. The fourth-order valence-electron chi connectivity index (χ4n) is 8.53. The first-order valence-electron chi connectivity index (χ1n) is 20.7. The van der Waals surface area contributed by atoms with Crippen LogP contribution in [0.3, 0.4) is 0 Å². The number of aliphatic hydroxyl groups excluding tert-OH is 12. The van der Waals surface area contributed by atoms with Gasteiger partial charge in [-0.1, -0.05) is 6.08 Å². The fourth-order valence-corrected chi connectivity index (χ4v) is 8.53. The molecule has 4 rings (SSSR count). The lowest BCUT2D eigenvalue weighted by Crippen LogP contribution is -2.59. The lowest BCUT2D eigenvalue weighted by atomic mass is 9.72. The second kappa shape index (κ2) is 23.8. The number of fused-ring (bicyclic) bond motifs is 1. The zero-order chi connectivity index (χ0) is 44.3. The third kappa shape index (κ3) is 14.8. The third-order valence-electron chi connectivity index (χ3n) is 12.1. The summed E-state index contributed by atoms with van der Waals surface area (Å²) >= 11 is 0. The zero-order valence-electron chi connectivity index (χ0n) is 33.3. The van der Waals surface area contributed by atoms with E-state index in [9.17, 15) is 75.7 Å². The lowest BCUT2D eigenvalue weighted by Gasteiger charge is -2.47. The van der Waals surface area contributed by atoms with Gasteiger partial charge >= 0.3 is 17.9 Å². The molecule has 1 aliphatic heterocycles. The van der Waals surface area contributed by atoms with Crippen molar-refractivity contribution in [1.82, 2.24) is 0 Å². The molecule has 0 radical (unpaired) electrons. The Kier molecular flexibility index (Phi) is 19.9. The van der Waals surface area contributed by atoms with Gasteiger partial charge < -0.3 is 90.1 Å². The summed E-state index contributed by atoms with van der Waals surface area (Å²) in [5.74, 6) is -4.16. The van der Waals surface area contributed by atoms with Crippen molar-refractivity contribution in [3.8, 4) is 0 Å². The molecule has 17 atom stereocenters. The van der Waals surface area contributed by atoms with Crippen LogP contribution in [0.4, 0.5) is 0 Å². The number of carboxylic acids is 1. The second-order valence-corrected chi connectivity index (χ2v) is 16.7. The van der Waals surface area contributed by atoms with Crippen molar-refractivity contribution in [2.75, 3.05) is 26.4 Å². The molecule has 1 heterocycles. The van der Waals surface area contributed by atoms with Gasteiger partial charge in [-0.3, -0.25) is 9.59 Å². The molecular weight excluding hydrogens is 804 g/mol. The van der Waals surface area contributed by atoms with Crippen LogP contribution < -0.4 is 0 Å². The SMILES string of the molecule is O=C(O)CC(=O)OCC(O)C(O)C(O)C(O)COC1CC(O)CC2[OH+]C(C3CCC(O)C(O)C3)C(OCC(O)C(O)C(O)C(O)COC(=O)C=CC3CCC(O)CC3)CC12. The average Bonchev–Trinajstić information content (AvgIpc) is 3.21. The van der Waals surface area contributed by atoms with Crippen molar-refractivity contribution in [2.24, 2.45) is 17.8 Å².